The number of benzene rings is 1. The molecule has 0 aromatic heterocycles. The number of hydrogen-bond donors (Lipinski definition) is 1. The van der Waals surface area contributed by atoms with Crippen LogP contribution in [0.4, 0.5) is 10.5 Å². The van der Waals surface area contributed by atoms with E-state index in [0.29, 0.717) is 18.9 Å². The summed E-state index contributed by atoms with van der Waals surface area (Å²) in [5.74, 6) is 0.314. The van der Waals surface area contributed by atoms with Crippen molar-refractivity contribution in [3.05, 3.63) is 29.3 Å². The highest BCUT2D eigenvalue weighted by atomic mass is 16.6. The molecule has 0 radical (unpaired) electrons. The van der Waals surface area contributed by atoms with Gasteiger partial charge >= 0.3 is 6.09 Å². The van der Waals surface area contributed by atoms with Crippen molar-refractivity contribution >= 4 is 17.7 Å². The van der Waals surface area contributed by atoms with Gasteiger partial charge in [0.25, 0.3) is 0 Å². The first kappa shape index (κ1) is 20.3. The number of likely N-dealkylation sites (tertiary alicyclic amines) is 1. The first-order valence-electron chi connectivity index (χ1n) is 9.49. The number of carbonyl (C=O) groups is 2. The third-order valence-electron chi connectivity index (χ3n) is 4.95. The Kier molecular flexibility index (Phi) is 6.32. The van der Waals surface area contributed by atoms with E-state index in [1.54, 1.807) is 4.90 Å². The summed E-state index contributed by atoms with van der Waals surface area (Å²) in [6.45, 7) is 12.2. The van der Waals surface area contributed by atoms with Crippen LogP contribution < -0.4 is 5.32 Å². The molecule has 144 valence electrons. The van der Waals surface area contributed by atoms with Crippen LogP contribution in [0.1, 0.15) is 58.1 Å². The minimum absolute atomic E-state index is 0.133. The number of nitrogens with one attached hydrogen (secondary N) is 1. The molecule has 0 spiro atoms. The Bertz CT molecular complexity index is 643. The van der Waals surface area contributed by atoms with Crippen LogP contribution >= 0.6 is 0 Å². The van der Waals surface area contributed by atoms with Gasteiger partial charge in [-0.2, -0.15) is 0 Å². The van der Waals surface area contributed by atoms with Crippen molar-refractivity contribution in [3.8, 4) is 0 Å². The van der Waals surface area contributed by atoms with E-state index in [4.69, 9.17) is 4.74 Å². The van der Waals surface area contributed by atoms with E-state index in [-0.39, 0.29) is 5.91 Å². The molecule has 1 aromatic carbocycles. The van der Waals surface area contributed by atoms with Gasteiger partial charge in [0, 0.05) is 12.2 Å². The largest absolute Gasteiger partial charge is 0.444 e. The van der Waals surface area contributed by atoms with E-state index >= 15 is 0 Å². The number of para-hydroxylation sites is 1. The summed E-state index contributed by atoms with van der Waals surface area (Å²) in [6, 6.07) is 5.43. The van der Waals surface area contributed by atoms with Crippen molar-refractivity contribution in [2.45, 2.75) is 72.4 Å². The lowest BCUT2D eigenvalue weighted by Gasteiger charge is -2.39. The van der Waals surface area contributed by atoms with E-state index in [2.05, 4.69) is 12.2 Å². The summed E-state index contributed by atoms with van der Waals surface area (Å²) in [6.07, 6.45) is 2.18. The fraction of sp³-hybridized carbons (Fsp3) is 0.619. The van der Waals surface area contributed by atoms with Crippen LogP contribution in [-0.2, 0) is 9.53 Å². The second-order valence-corrected chi connectivity index (χ2v) is 8.24. The van der Waals surface area contributed by atoms with Gasteiger partial charge in [-0.15, -0.1) is 0 Å². The molecule has 5 nitrogen and oxygen atoms in total. The average molecular weight is 360 g/mol. The predicted molar refractivity (Wildman–Crippen MR) is 104 cm³/mol. The van der Waals surface area contributed by atoms with Crippen LogP contribution in [-0.4, -0.2) is 35.1 Å². The number of carbonyl (C=O) groups excluding carboxylic acids is 2. The van der Waals surface area contributed by atoms with Crippen molar-refractivity contribution < 1.29 is 14.3 Å². The van der Waals surface area contributed by atoms with Crippen molar-refractivity contribution in [2.24, 2.45) is 5.92 Å². The lowest BCUT2D eigenvalue weighted by atomic mass is 9.88. The van der Waals surface area contributed by atoms with Gasteiger partial charge in [0.2, 0.25) is 5.91 Å². The minimum Gasteiger partial charge on any atom is -0.444 e. The molecule has 1 aliphatic rings. The Morgan fingerprint density at radius 1 is 1.23 bits per heavy atom. The number of hydrogen-bond acceptors (Lipinski definition) is 3. The van der Waals surface area contributed by atoms with Crippen molar-refractivity contribution in [3.63, 3.8) is 0 Å². The van der Waals surface area contributed by atoms with E-state index in [1.807, 2.05) is 52.8 Å². The van der Waals surface area contributed by atoms with E-state index in [9.17, 15) is 9.59 Å². The SMILES string of the molecule is CCC1CCN(C(=O)OC(C)(C)C)C(C(=O)Nc2c(C)cccc2C)C1. The standard InChI is InChI=1S/C21H32N2O3/c1-7-16-11-12-23(20(25)26-21(4,5)6)17(13-16)19(24)22-18-14(2)9-8-10-15(18)3/h8-10,16-17H,7,11-13H2,1-6H3,(H,22,24). The van der Waals surface area contributed by atoms with Crippen molar-refractivity contribution in [2.75, 3.05) is 11.9 Å². The summed E-state index contributed by atoms with van der Waals surface area (Å²) in [4.78, 5) is 27.3. The Morgan fingerprint density at radius 2 is 1.85 bits per heavy atom. The molecule has 0 bridgehead atoms. The highest BCUT2D eigenvalue weighted by molar-refractivity contribution is 5.97. The molecule has 1 saturated heterocycles. The molecule has 26 heavy (non-hydrogen) atoms. The molecule has 2 amide bonds. The smallest absolute Gasteiger partial charge is 0.410 e. The number of ether oxygens (including phenoxy) is 1. The maximum Gasteiger partial charge on any atom is 0.410 e. The first-order valence-corrected chi connectivity index (χ1v) is 9.49. The quantitative estimate of drug-likeness (QED) is 0.852. The Morgan fingerprint density at radius 3 is 2.38 bits per heavy atom. The monoisotopic (exact) mass is 360 g/mol. The Labute approximate surface area is 157 Å². The summed E-state index contributed by atoms with van der Waals surface area (Å²) < 4.78 is 5.53. The molecular weight excluding hydrogens is 328 g/mol. The first-order chi connectivity index (χ1) is 12.1. The predicted octanol–water partition coefficient (Wildman–Crippen LogP) is 4.67. The molecule has 1 aromatic rings. The van der Waals surface area contributed by atoms with E-state index in [0.717, 1.165) is 29.7 Å². The van der Waals surface area contributed by atoms with E-state index in [1.165, 1.54) is 0 Å². The number of piperidine rings is 1. The van der Waals surface area contributed by atoms with Gasteiger partial charge in [-0.1, -0.05) is 31.5 Å². The van der Waals surface area contributed by atoms with Gasteiger partial charge in [-0.3, -0.25) is 9.69 Å². The second kappa shape index (κ2) is 8.11. The zero-order valence-electron chi connectivity index (χ0n) is 16.9. The molecule has 2 atom stereocenters. The highest BCUT2D eigenvalue weighted by Crippen LogP contribution is 2.29. The number of anilines is 1. The summed E-state index contributed by atoms with van der Waals surface area (Å²) in [7, 11) is 0. The van der Waals surface area contributed by atoms with Crippen LogP contribution in [0.5, 0.6) is 0 Å². The molecule has 2 unspecified atom stereocenters. The zero-order valence-corrected chi connectivity index (χ0v) is 16.9. The van der Waals surface area contributed by atoms with Crippen LogP contribution in [0.3, 0.4) is 0 Å². The number of rotatable bonds is 3. The maximum absolute atomic E-state index is 13.1. The second-order valence-electron chi connectivity index (χ2n) is 8.24. The molecule has 5 heteroatoms. The molecule has 0 aliphatic carbocycles. The van der Waals surface area contributed by atoms with Crippen molar-refractivity contribution in [1.82, 2.24) is 4.90 Å². The molecular formula is C21H32N2O3. The fourth-order valence-electron chi connectivity index (χ4n) is 3.41. The number of nitrogens with zero attached hydrogens (tertiary/aromatic N) is 1. The lowest BCUT2D eigenvalue weighted by Crippen LogP contribution is -2.53. The lowest BCUT2D eigenvalue weighted by molar-refractivity contribution is -0.123. The number of amides is 2. The summed E-state index contributed by atoms with van der Waals surface area (Å²) in [5, 5.41) is 3.05. The normalized spacial score (nSPS) is 20.6. The third kappa shape index (κ3) is 4.99. The maximum atomic E-state index is 13.1. The van der Waals surface area contributed by atoms with Crippen LogP contribution in [0.25, 0.3) is 0 Å². The fourth-order valence-corrected chi connectivity index (χ4v) is 3.41. The van der Waals surface area contributed by atoms with Crippen LogP contribution in [0.2, 0.25) is 0 Å². The molecule has 1 N–H and O–H groups in total. The van der Waals surface area contributed by atoms with Gasteiger partial charge in [0.15, 0.2) is 0 Å². The number of aryl methyl sites for hydroxylation is 2. The topological polar surface area (TPSA) is 58.6 Å². The molecule has 1 aliphatic heterocycles. The summed E-state index contributed by atoms with van der Waals surface area (Å²) in [5.41, 5.74) is 2.29. The average Bonchev–Trinajstić information content (AvgIpc) is 2.56. The summed E-state index contributed by atoms with van der Waals surface area (Å²) >= 11 is 0. The molecule has 1 heterocycles. The van der Waals surface area contributed by atoms with Gasteiger partial charge in [-0.05, 0) is 64.5 Å². The highest BCUT2D eigenvalue weighted by Gasteiger charge is 2.38. The van der Waals surface area contributed by atoms with Gasteiger partial charge in [0.05, 0.1) is 0 Å². The minimum atomic E-state index is -0.577. The Hall–Kier alpha value is -2.04. The molecule has 0 saturated carbocycles. The molecule has 2 rings (SSSR count). The van der Waals surface area contributed by atoms with Crippen LogP contribution in [0.15, 0.2) is 18.2 Å². The van der Waals surface area contributed by atoms with E-state index < -0.39 is 17.7 Å². The zero-order chi connectivity index (χ0) is 19.5. The van der Waals surface area contributed by atoms with Gasteiger partial charge < -0.3 is 10.1 Å². The van der Waals surface area contributed by atoms with Crippen molar-refractivity contribution in [1.29, 1.82) is 0 Å². The van der Waals surface area contributed by atoms with Crippen LogP contribution in [0, 0.1) is 19.8 Å². The third-order valence-corrected chi connectivity index (χ3v) is 4.95. The Balaban J connectivity index is 2.21. The molecule has 1 fully saturated rings. The van der Waals surface area contributed by atoms with Gasteiger partial charge in [0.1, 0.15) is 11.6 Å². The van der Waals surface area contributed by atoms with Gasteiger partial charge in [-0.25, -0.2) is 4.79 Å².